The topological polar surface area (TPSA) is 77.0 Å². The van der Waals surface area contributed by atoms with E-state index in [1.54, 1.807) is 0 Å². The van der Waals surface area contributed by atoms with E-state index >= 15 is 0 Å². The van der Waals surface area contributed by atoms with Crippen molar-refractivity contribution in [2.45, 2.75) is 18.9 Å². The fraction of sp³-hybridized carbons (Fsp3) is 0.240. The molecule has 0 heterocycles. The molecular formula is C25H25O6-. The molecule has 6 heteroatoms. The predicted octanol–water partition coefficient (Wildman–Crippen LogP) is 3.63. The minimum Gasteiger partial charge on any atom is -0.547 e. The lowest BCUT2D eigenvalue weighted by Crippen LogP contribution is -2.38. The fourth-order valence-electron chi connectivity index (χ4n) is 2.87. The molecule has 31 heavy (non-hydrogen) atoms. The average molecular weight is 421 g/mol. The van der Waals surface area contributed by atoms with Crippen LogP contribution in [0.5, 0.6) is 23.0 Å². The lowest BCUT2D eigenvalue weighted by molar-refractivity contribution is -0.315. The molecule has 0 saturated carbocycles. The van der Waals surface area contributed by atoms with Crippen molar-refractivity contribution in [3.8, 4) is 23.0 Å². The first-order chi connectivity index (χ1) is 15.1. The molecule has 6 nitrogen and oxygen atoms in total. The molecule has 0 aliphatic carbocycles. The van der Waals surface area contributed by atoms with Crippen molar-refractivity contribution in [2.24, 2.45) is 0 Å². The van der Waals surface area contributed by atoms with E-state index < -0.39 is 12.1 Å². The van der Waals surface area contributed by atoms with Crippen LogP contribution in [0.4, 0.5) is 0 Å². The van der Waals surface area contributed by atoms with E-state index in [-0.39, 0.29) is 6.42 Å². The molecule has 3 rings (SSSR count). The Hall–Kier alpha value is -3.51. The Morgan fingerprint density at radius 1 is 0.774 bits per heavy atom. The first-order valence-electron chi connectivity index (χ1n) is 10.0. The van der Waals surface area contributed by atoms with Gasteiger partial charge in [-0.1, -0.05) is 30.3 Å². The summed E-state index contributed by atoms with van der Waals surface area (Å²) in [5, 5.41) is 10.9. The number of carboxylic acids is 1. The smallest absolute Gasteiger partial charge is 0.127 e. The van der Waals surface area contributed by atoms with Gasteiger partial charge in [0.2, 0.25) is 0 Å². The molecular weight excluding hydrogens is 396 g/mol. The molecule has 0 spiro atoms. The Balaban J connectivity index is 1.35. The second-order valence-electron chi connectivity index (χ2n) is 6.83. The molecule has 0 amide bonds. The van der Waals surface area contributed by atoms with Gasteiger partial charge < -0.3 is 28.8 Å². The fourth-order valence-corrected chi connectivity index (χ4v) is 2.87. The van der Waals surface area contributed by atoms with Gasteiger partial charge in [0, 0.05) is 20.0 Å². The number of rotatable bonds is 12. The molecule has 162 valence electrons. The van der Waals surface area contributed by atoms with Crippen LogP contribution < -0.4 is 19.3 Å². The lowest BCUT2D eigenvalue weighted by Gasteiger charge is -2.16. The summed E-state index contributed by atoms with van der Waals surface area (Å²) in [7, 11) is 1.35. The van der Waals surface area contributed by atoms with Crippen LogP contribution in [0.1, 0.15) is 12.0 Å². The van der Waals surface area contributed by atoms with Crippen molar-refractivity contribution in [1.82, 2.24) is 0 Å². The van der Waals surface area contributed by atoms with Gasteiger partial charge in [0.25, 0.3) is 0 Å². The summed E-state index contributed by atoms with van der Waals surface area (Å²) < 4.78 is 22.1. The Labute approximate surface area is 182 Å². The van der Waals surface area contributed by atoms with Crippen molar-refractivity contribution in [1.29, 1.82) is 0 Å². The third kappa shape index (κ3) is 7.35. The minimum atomic E-state index is -1.22. The monoisotopic (exact) mass is 421 g/mol. The summed E-state index contributed by atoms with van der Waals surface area (Å²) in [6, 6.07) is 24.4. The van der Waals surface area contributed by atoms with Crippen LogP contribution in [-0.2, 0) is 16.0 Å². The largest absolute Gasteiger partial charge is 0.547 e. The number of hydrogen-bond acceptors (Lipinski definition) is 6. The maximum atomic E-state index is 10.9. The molecule has 0 bridgehead atoms. The van der Waals surface area contributed by atoms with Crippen molar-refractivity contribution in [3.63, 3.8) is 0 Å². The highest BCUT2D eigenvalue weighted by atomic mass is 16.5. The summed E-state index contributed by atoms with van der Waals surface area (Å²) in [5.74, 6) is 1.81. The summed E-state index contributed by atoms with van der Waals surface area (Å²) in [6.45, 7) is 1.03. The van der Waals surface area contributed by atoms with Gasteiger partial charge in [0.1, 0.15) is 29.1 Å². The summed E-state index contributed by atoms with van der Waals surface area (Å²) in [6.07, 6.45) is 0.0191. The highest BCUT2D eigenvalue weighted by Crippen LogP contribution is 2.23. The third-order valence-corrected chi connectivity index (χ3v) is 4.52. The number of hydrogen-bond donors (Lipinski definition) is 0. The van der Waals surface area contributed by atoms with Crippen LogP contribution in [0.2, 0.25) is 0 Å². The number of methoxy groups -OCH3 is 1. The Bertz CT molecular complexity index is 922. The highest BCUT2D eigenvalue weighted by molar-refractivity contribution is 5.70. The van der Waals surface area contributed by atoms with Crippen LogP contribution in [0.15, 0.2) is 78.9 Å². The number of benzene rings is 3. The molecule has 0 aliphatic heterocycles. The third-order valence-electron chi connectivity index (χ3n) is 4.52. The van der Waals surface area contributed by atoms with Crippen molar-refractivity contribution in [2.75, 3.05) is 20.3 Å². The second-order valence-corrected chi connectivity index (χ2v) is 6.83. The van der Waals surface area contributed by atoms with Gasteiger partial charge in [-0.15, -0.1) is 0 Å². The van der Waals surface area contributed by atoms with E-state index in [1.807, 2.05) is 78.9 Å². The number of aliphatic carboxylic acids is 1. The number of carbonyl (C=O) groups is 1. The van der Waals surface area contributed by atoms with Gasteiger partial charge in [-0.3, -0.25) is 0 Å². The summed E-state index contributed by atoms with van der Waals surface area (Å²) in [5.41, 5.74) is 0.839. The van der Waals surface area contributed by atoms with Gasteiger partial charge in [-0.25, -0.2) is 0 Å². The van der Waals surface area contributed by atoms with Crippen molar-refractivity contribution < 1.29 is 28.8 Å². The molecule has 0 radical (unpaired) electrons. The number of carboxylic acid groups (broad SMARTS) is 1. The van der Waals surface area contributed by atoms with Crippen LogP contribution in [-0.4, -0.2) is 32.4 Å². The number of ether oxygens (including phenoxy) is 4. The zero-order valence-electron chi connectivity index (χ0n) is 17.4. The molecule has 1 atom stereocenters. The number of para-hydroxylation sites is 1. The zero-order valence-corrected chi connectivity index (χ0v) is 17.4. The molecule has 0 N–H and O–H groups in total. The van der Waals surface area contributed by atoms with Gasteiger partial charge in [0.05, 0.1) is 19.2 Å². The molecule has 0 unspecified atom stereocenters. The molecule has 0 aromatic heterocycles. The van der Waals surface area contributed by atoms with Crippen LogP contribution >= 0.6 is 0 Å². The van der Waals surface area contributed by atoms with E-state index in [0.29, 0.717) is 19.0 Å². The van der Waals surface area contributed by atoms with Gasteiger partial charge in [-0.05, 0) is 54.1 Å². The van der Waals surface area contributed by atoms with Gasteiger partial charge in [0.15, 0.2) is 0 Å². The van der Waals surface area contributed by atoms with Gasteiger partial charge in [-0.2, -0.15) is 0 Å². The van der Waals surface area contributed by atoms with Crippen LogP contribution in [0.25, 0.3) is 0 Å². The van der Waals surface area contributed by atoms with E-state index in [2.05, 4.69) is 0 Å². The molecule has 3 aromatic carbocycles. The predicted molar refractivity (Wildman–Crippen MR) is 115 cm³/mol. The van der Waals surface area contributed by atoms with Gasteiger partial charge >= 0.3 is 0 Å². The van der Waals surface area contributed by atoms with E-state index in [4.69, 9.17) is 18.9 Å². The van der Waals surface area contributed by atoms with Crippen molar-refractivity contribution in [3.05, 3.63) is 84.4 Å². The summed E-state index contributed by atoms with van der Waals surface area (Å²) in [4.78, 5) is 10.9. The van der Waals surface area contributed by atoms with Crippen molar-refractivity contribution >= 4 is 5.97 Å². The Morgan fingerprint density at radius 2 is 1.29 bits per heavy atom. The van der Waals surface area contributed by atoms with E-state index in [1.165, 1.54) is 7.11 Å². The average Bonchev–Trinajstić information content (AvgIpc) is 2.80. The van der Waals surface area contributed by atoms with Crippen LogP contribution in [0, 0.1) is 0 Å². The standard InChI is InChI=1S/C25H26O6/c1-28-24(25(26)27)18-19-8-10-20(11-9-19)29-16-5-17-30-21-12-14-23(15-13-21)31-22-6-3-2-4-7-22/h2-4,6-15,24H,5,16-18H2,1H3,(H,26,27)/p-1/t24-/m1/s1. The molecule has 0 fully saturated rings. The van der Waals surface area contributed by atoms with Crippen LogP contribution in [0.3, 0.4) is 0 Å². The quantitative estimate of drug-likeness (QED) is 0.416. The highest BCUT2D eigenvalue weighted by Gasteiger charge is 2.09. The Morgan fingerprint density at radius 3 is 1.84 bits per heavy atom. The van der Waals surface area contributed by atoms with E-state index in [9.17, 15) is 9.90 Å². The van der Waals surface area contributed by atoms with E-state index in [0.717, 1.165) is 29.2 Å². The SMILES string of the molecule is CO[C@H](Cc1ccc(OCCCOc2ccc(Oc3ccccc3)cc2)cc1)C(=O)[O-]. The maximum Gasteiger partial charge on any atom is 0.127 e. The lowest BCUT2D eigenvalue weighted by atomic mass is 10.1. The molecule has 0 saturated heterocycles. The minimum absolute atomic E-state index is 0.252. The number of carbonyl (C=O) groups excluding carboxylic acids is 1. The first kappa shape index (κ1) is 22.2. The maximum absolute atomic E-state index is 10.9. The molecule has 0 aliphatic rings. The normalized spacial score (nSPS) is 11.5. The molecule has 3 aromatic rings. The zero-order chi connectivity index (χ0) is 21.9. The second kappa shape index (κ2) is 11.6. The Kier molecular flexibility index (Phi) is 8.31. The summed E-state index contributed by atoms with van der Waals surface area (Å²) >= 11 is 0. The first-order valence-corrected chi connectivity index (χ1v) is 10.0.